The third kappa shape index (κ3) is 2.82. The van der Waals surface area contributed by atoms with Gasteiger partial charge in [-0.15, -0.1) is 0 Å². The quantitative estimate of drug-likeness (QED) is 0.877. The van der Waals surface area contributed by atoms with E-state index in [0.29, 0.717) is 5.82 Å². The largest absolute Gasteiger partial charge is 0.497 e. The van der Waals surface area contributed by atoms with Gasteiger partial charge >= 0.3 is 5.97 Å². The molecule has 2 aromatic rings. The van der Waals surface area contributed by atoms with Crippen LogP contribution in [0.25, 0.3) is 10.8 Å². The van der Waals surface area contributed by atoms with E-state index in [1.807, 2.05) is 31.2 Å². The van der Waals surface area contributed by atoms with Crippen molar-refractivity contribution < 1.29 is 14.6 Å². The zero-order chi connectivity index (χ0) is 14.7. The zero-order valence-corrected chi connectivity index (χ0v) is 11.8. The van der Waals surface area contributed by atoms with Crippen LogP contribution < -0.4 is 10.1 Å². The molecule has 5 nitrogen and oxygen atoms in total. The molecule has 0 aliphatic carbocycles. The first-order valence-electron chi connectivity index (χ1n) is 6.45. The highest BCUT2D eigenvalue weighted by atomic mass is 16.5. The first-order valence-corrected chi connectivity index (χ1v) is 6.45. The van der Waals surface area contributed by atoms with Gasteiger partial charge in [0.2, 0.25) is 0 Å². The fourth-order valence-corrected chi connectivity index (χ4v) is 1.95. The summed E-state index contributed by atoms with van der Waals surface area (Å²) in [5, 5.41) is 14.1. The van der Waals surface area contributed by atoms with Crippen LogP contribution in [0.4, 0.5) is 5.82 Å². The maximum Gasteiger partial charge on any atom is 0.308 e. The number of benzene rings is 1. The average Bonchev–Trinajstić information content (AvgIpc) is 2.45. The summed E-state index contributed by atoms with van der Waals surface area (Å²) in [4.78, 5) is 15.3. The minimum Gasteiger partial charge on any atom is -0.497 e. The second-order valence-electron chi connectivity index (χ2n) is 4.81. The Morgan fingerprint density at radius 3 is 2.75 bits per heavy atom. The van der Waals surface area contributed by atoms with Crippen LogP contribution in [0.5, 0.6) is 5.75 Å². The van der Waals surface area contributed by atoms with Crippen LogP contribution in [-0.2, 0) is 4.79 Å². The van der Waals surface area contributed by atoms with Crippen molar-refractivity contribution in [2.24, 2.45) is 5.92 Å². The average molecular weight is 274 g/mol. The van der Waals surface area contributed by atoms with Gasteiger partial charge in [-0.25, -0.2) is 4.98 Å². The summed E-state index contributed by atoms with van der Waals surface area (Å²) in [6, 6.07) is 7.39. The van der Waals surface area contributed by atoms with Crippen molar-refractivity contribution in [3.8, 4) is 5.75 Å². The molecule has 0 saturated carbocycles. The number of hydrogen-bond donors (Lipinski definition) is 2. The van der Waals surface area contributed by atoms with Crippen LogP contribution in [0, 0.1) is 5.92 Å². The number of methoxy groups -OCH3 is 1. The maximum absolute atomic E-state index is 11.0. The first kappa shape index (κ1) is 14.1. The molecule has 1 aromatic heterocycles. The van der Waals surface area contributed by atoms with E-state index in [4.69, 9.17) is 9.84 Å². The van der Waals surface area contributed by atoms with Crippen LogP contribution in [0.1, 0.15) is 13.8 Å². The number of pyridine rings is 1. The van der Waals surface area contributed by atoms with Gasteiger partial charge in [-0.1, -0.05) is 0 Å². The van der Waals surface area contributed by atoms with Gasteiger partial charge < -0.3 is 15.2 Å². The number of carboxylic acids is 1. The summed E-state index contributed by atoms with van der Waals surface area (Å²) in [7, 11) is 1.62. The number of hydrogen-bond acceptors (Lipinski definition) is 4. The van der Waals surface area contributed by atoms with Gasteiger partial charge in [0.15, 0.2) is 0 Å². The van der Waals surface area contributed by atoms with Crippen LogP contribution in [0.15, 0.2) is 30.5 Å². The summed E-state index contributed by atoms with van der Waals surface area (Å²) in [6.07, 6.45) is 1.70. The Hall–Kier alpha value is -2.30. The monoisotopic (exact) mass is 274 g/mol. The van der Waals surface area contributed by atoms with Crippen LogP contribution >= 0.6 is 0 Å². The van der Waals surface area contributed by atoms with Crippen LogP contribution in [0.2, 0.25) is 0 Å². The molecule has 0 bridgehead atoms. The Morgan fingerprint density at radius 1 is 1.35 bits per heavy atom. The fourth-order valence-electron chi connectivity index (χ4n) is 1.95. The number of carbonyl (C=O) groups is 1. The lowest BCUT2D eigenvalue weighted by Gasteiger charge is -2.19. The predicted molar refractivity (Wildman–Crippen MR) is 78.2 cm³/mol. The number of ether oxygens (including phenoxy) is 1. The number of aliphatic carboxylic acids is 1. The zero-order valence-electron chi connectivity index (χ0n) is 11.8. The van der Waals surface area contributed by atoms with Crippen LogP contribution in [-0.4, -0.2) is 29.2 Å². The van der Waals surface area contributed by atoms with E-state index in [1.165, 1.54) is 0 Å². The fraction of sp³-hybridized carbons (Fsp3) is 0.333. The lowest BCUT2D eigenvalue weighted by atomic mass is 10.0. The highest BCUT2D eigenvalue weighted by Crippen LogP contribution is 2.26. The normalized spacial score (nSPS) is 13.8. The van der Waals surface area contributed by atoms with E-state index >= 15 is 0 Å². The number of nitrogens with zero attached hydrogens (tertiary/aromatic N) is 1. The summed E-state index contributed by atoms with van der Waals surface area (Å²) in [6.45, 7) is 3.51. The Bertz CT molecular complexity index is 628. The molecule has 2 unspecified atom stereocenters. The van der Waals surface area contributed by atoms with E-state index in [-0.39, 0.29) is 6.04 Å². The van der Waals surface area contributed by atoms with Crippen molar-refractivity contribution in [1.29, 1.82) is 0 Å². The van der Waals surface area contributed by atoms with Crippen molar-refractivity contribution in [2.75, 3.05) is 12.4 Å². The SMILES string of the molecule is COc1ccc2c(NC(C)C(C)C(=O)O)nccc2c1. The summed E-state index contributed by atoms with van der Waals surface area (Å²) >= 11 is 0. The minimum atomic E-state index is -0.827. The highest BCUT2D eigenvalue weighted by Gasteiger charge is 2.20. The van der Waals surface area contributed by atoms with Crippen molar-refractivity contribution in [1.82, 2.24) is 4.98 Å². The molecule has 0 aliphatic rings. The minimum absolute atomic E-state index is 0.215. The Balaban J connectivity index is 2.33. The molecule has 1 heterocycles. The third-order valence-corrected chi connectivity index (χ3v) is 3.48. The Morgan fingerprint density at radius 2 is 2.10 bits per heavy atom. The van der Waals surface area contributed by atoms with Gasteiger partial charge in [0.25, 0.3) is 0 Å². The standard InChI is InChI=1S/C15H18N2O3/c1-9(15(18)19)10(2)17-14-13-5-4-12(20-3)8-11(13)6-7-16-14/h4-10H,1-3H3,(H,16,17)(H,18,19). The summed E-state index contributed by atoms with van der Waals surface area (Å²) < 4.78 is 5.19. The van der Waals surface area contributed by atoms with Gasteiger partial charge in [-0.2, -0.15) is 0 Å². The molecule has 0 spiro atoms. The van der Waals surface area contributed by atoms with E-state index < -0.39 is 11.9 Å². The number of rotatable bonds is 5. The molecular formula is C15H18N2O3. The molecule has 0 radical (unpaired) electrons. The molecular weight excluding hydrogens is 256 g/mol. The molecule has 2 rings (SSSR count). The summed E-state index contributed by atoms with van der Waals surface area (Å²) in [5.74, 6) is 0.143. The summed E-state index contributed by atoms with van der Waals surface area (Å²) in [5.41, 5.74) is 0. The number of fused-ring (bicyclic) bond motifs is 1. The van der Waals surface area contributed by atoms with Gasteiger partial charge in [0.1, 0.15) is 11.6 Å². The molecule has 5 heteroatoms. The van der Waals surface area contributed by atoms with Gasteiger partial charge in [-0.3, -0.25) is 4.79 Å². The molecule has 0 aliphatic heterocycles. The second kappa shape index (κ2) is 5.77. The Kier molecular flexibility index (Phi) is 4.08. The number of anilines is 1. The maximum atomic E-state index is 11.0. The van der Waals surface area contributed by atoms with Gasteiger partial charge in [0.05, 0.1) is 13.0 Å². The van der Waals surface area contributed by atoms with E-state index in [2.05, 4.69) is 10.3 Å². The number of nitrogens with one attached hydrogen (secondary N) is 1. The van der Waals surface area contributed by atoms with Crippen molar-refractivity contribution in [2.45, 2.75) is 19.9 Å². The molecule has 2 atom stereocenters. The van der Waals surface area contributed by atoms with Crippen molar-refractivity contribution in [3.63, 3.8) is 0 Å². The van der Waals surface area contributed by atoms with Gasteiger partial charge in [0, 0.05) is 17.6 Å². The lowest BCUT2D eigenvalue weighted by Crippen LogP contribution is -2.30. The highest BCUT2D eigenvalue weighted by molar-refractivity contribution is 5.92. The number of carboxylic acid groups (broad SMARTS) is 1. The first-order chi connectivity index (χ1) is 9.52. The van der Waals surface area contributed by atoms with Crippen LogP contribution in [0.3, 0.4) is 0 Å². The molecule has 0 amide bonds. The molecule has 2 N–H and O–H groups in total. The number of aromatic nitrogens is 1. The molecule has 106 valence electrons. The van der Waals surface area contributed by atoms with E-state index in [0.717, 1.165) is 16.5 Å². The van der Waals surface area contributed by atoms with Crippen molar-refractivity contribution >= 4 is 22.6 Å². The van der Waals surface area contributed by atoms with Gasteiger partial charge in [-0.05, 0) is 43.5 Å². The third-order valence-electron chi connectivity index (χ3n) is 3.48. The van der Waals surface area contributed by atoms with Crippen molar-refractivity contribution in [3.05, 3.63) is 30.5 Å². The molecule has 0 fully saturated rings. The molecule has 20 heavy (non-hydrogen) atoms. The van der Waals surface area contributed by atoms with E-state index in [9.17, 15) is 4.79 Å². The lowest BCUT2D eigenvalue weighted by molar-refractivity contribution is -0.141. The Labute approximate surface area is 117 Å². The van der Waals surface area contributed by atoms with E-state index in [1.54, 1.807) is 20.2 Å². The predicted octanol–water partition coefficient (Wildman–Crippen LogP) is 2.76. The second-order valence-corrected chi connectivity index (χ2v) is 4.81. The topological polar surface area (TPSA) is 71.5 Å². The molecule has 0 saturated heterocycles. The smallest absolute Gasteiger partial charge is 0.308 e. The molecule has 1 aromatic carbocycles.